The Morgan fingerprint density at radius 2 is 2.28 bits per heavy atom. The number of anilines is 1. The van der Waals surface area contributed by atoms with Crippen molar-refractivity contribution in [3.8, 4) is 5.75 Å². The van der Waals surface area contributed by atoms with Gasteiger partial charge >= 0.3 is 0 Å². The van der Waals surface area contributed by atoms with Gasteiger partial charge in [-0.15, -0.1) is 0 Å². The van der Waals surface area contributed by atoms with Crippen LogP contribution in [0.25, 0.3) is 0 Å². The zero-order valence-electron chi connectivity index (χ0n) is 10.7. The van der Waals surface area contributed by atoms with E-state index in [-0.39, 0.29) is 5.91 Å². The second-order valence-electron chi connectivity index (χ2n) is 4.09. The SMILES string of the molecule is CCCCC(N)C(=O)Nc1ccc(Br)c(OC)c1. The summed E-state index contributed by atoms with van der Waals surface area (Å²) in [5.74, 6) is 0.516. The molecular weight excluding hydrogens is 296 g/mol. The van der Waals surface area contributed by atoms with Gasteiger partial charge in [-0.05, 0) is 34.5 Å². The largest absolute Gasteiger partial charge is 0.495 e. The predicted octanol–water partition coefficient (Wildman–Crippen LogP) is 2.91. The van der Waals surface area contributed by atoms with Gasteiger partial charge in [0.25, 0.3) is 0 Å². The fourth-order valence-corrected chi connectivity index (χ4v) is 1.94. The summed E-state index contributed by atoms with van der Waals surface area (Å²) in [6, 6.07) is 4.93. The van der Waals surface area contributed by atoms with Crippen molar-refractivity contribution in [3.05, 3.63) is 22.7 Å². The summed E-state index contributed by atoms with van der Waals surface area (Å²) >= 11 is 3.36. The van der Waals surface area contributed by atoms with Crippen LogP contribution in [0.2, 0.25) is 0 Å². The maximum absolute atomic E-state index is 11.8. The maximum atomic E-state index is 11.8. The van der Waals surface area contributed by atoms with Crippen LogP contribution in [0.15, 0.2) is 22.7 Å². The first-order chi connectivity index (χ1) is 8.58. The molecule has 0 aliphatic carbocycles. The van der Waals surface area contributed by atoms with Gasteiger partial charge in [0.15, 0.2) is 0 Å². The van der Waals surface area contributed by atoms with Gasteiger partial charge in [-0.2, -0.15) is 0 Å². The summed E-state index contributed by atoms with van der Waals surface area (Å²) in [6.45, 7) is 2.07. The van der Waals surface area contributed by atoms with Gasteiger partial charge in [-0.1, -0.05) is 19.8 Å². The molecule has 18 heavy (non-hydrogen) atoms. The molecule has 0 aromatic heterocycles. The van der Waals surface area contributed by atoms with E-state index in [1.807, 2.05) is 6.07 Å². The van der Waals surface area contributed by atoms with Crippen molar-refractivity contribution in [2.24, 2.45) is 5.73 Å². The lowest BCUT2D eigenvalue weighted by Gasteiger charge is -2.13. The molecule has 1 atom stereocenters. The van der Waals surface area contributed by atoms with Crippen LogP contribution in [0.5, 0.6) is 5.75 Å². The molecule has 0 radical (unpaired) electrons. The number of unbranched alkanes of at least 4 members (excludes halogenated alkanes) is 1. The summed E-state index contributed by atoms with van der Waals surface area (Å²) in [7, 11) is 1.58. The molecule has 1 aromatic rings. The first kappa shape index (κ1) is 15.0. The number of benzene rings is 1. The van der Waals surface area contributed by atoms with Crippen LogP contribution in [-0.4, -0.2) is 19.1 Å². The smallest absolute Gasteiger partial charge is 0.241 e. The molecule has 0 spiro atoms. The van der Waals surface area contributed by atoms with Crippen LogP contribution in [0.4, 0.5) is 5.69 Å². The quantitative estimate of drug-likeness (QED) is 0.848. The minimum Gasteiger partial charge on any atom is -0.495 e. The van der Waals surface area contributed by atoms with Gasteiger partial charge in [0.2, 0.25) is 5.91 Å². The molecular formula is C13H19BrN2O2. The fourth-order valence-electron chi connectivity index (χ4n) is 1.53. The summed E-state index contributed by atoms with van der Waals surface area (Å²) < 4.78 is 6.01. The lowest BCUT2D eigenvalue weighted by Crippen LogP contribution is -2.35. The fraction of sp³-hybridized carbons (Fsp3) is 0.462. The van der Waals surface area contributed by atoms with Gasteiger partial charge in [0, 0.05) is 11.8 Å². The predicted molar refractivity (Wildman–Crippen MR) is 76.8 cm³/mol. The van der Waals surface area contributed by atoms with E-state index in [0.29, 0.717) is 17.9 Å². The Bertz CT molecular complexity index is 410. The lowest BCUT2D eigenvalue weighted by molar-refractivity contribution is -0.117. The first-order valence-electron chi connectivity index (χ1n) is 5.98. The Morgan fingerprint density at radius 1 is 1.56 bits per heavy atom. The first-order valence-corrected chi connectivity index (χ1v) is 6.77. The van der Waals surface area contributed by atoms with Crippen molar-refractivity contribution in [1.29, 1.82) is 0 Å². The monoisotopic (exact) mass is 314 g/mol. The molecule has 1 rings (SSSR count). The zero-order valence-corrected chi connectivity index (χ0v) is 12.3. The molecule has 0 aliphatic heterocycles. The van der Waals surface area contributed by atoms with E-state index >= 15 is 0 Å². The molecule has 0 saturated carbocycles. The summed E-state index contributed by atoms with van der Waals surface area (Å²) in [5.41, 5.74) is 6.49. The van der Waals surface area contributed by atoms with Crippen molar-refractivity contribution in [3.63, 3.8) is 0 Å². The van der Waals surface area contributed by atoms with Crippen LogP contribution in [0.1, 0.15) is 26.2 Å². The molecule has 0 fully saturated rings. The summed E-state index contributed by atoms with van der Waals surface area (Å²) in [5, 5.41) is 2.79. The van der Waals surface area contributed by atoms with Crippen LogP contribution in [0.3, 0.4) is 0 Å². The Balaban J connectivity index is 2.64. The average molecular weight is 315 g/mol. The highest BCUT2D eigenvalue weighted by Crippen LogP contribution is 2.27. The van der Waals surface area contributed by atoms with Crippen molar-refractivity contribution in [2.45, 2.75) is 32.2 Å². The van der Waals surface area contributed by atoms with E-state index in [2.05, 4.69) is 28.2 Å². The molecule has 3 N–H and O–H groups in total. The zero-order chi connectivity index (χ0) is 13.5. The van der Waals surface area contributed by atoms with Gasteiger partial charge in [0.1, 0.15) is 5.75 Å². The molecule has 1 aromatic carbocycles. The lowest BCUT2D eigenvalue weighted by atomic mass is 10.1. The minimum atomic E-state index is -0.459. The van der Waals surface area contributed by atoms with Crippen molar-refractivity contribution in [2.75, 3.05) is 12.4 Å². The normalized spacial score (nSPS) is 12.0. The van der Waals surface area contributed by atoms with Crippen LogP contribution >= 0.6 is 15.9 Å². The number of methoxy groups -OCH3 is 1. The van der Waals surface area contributed by atoms with Gasteiger partial charge < -0.3 is 15.8 Å². The molecule has 100 valence electrons. The number of carbonyl (C=O) groups excluding carboxylic acids is 1. The Kier molecular flexibility index (Phi) is 6.15. The Labute approximate surface area is 116 Å². The third kappa shape index (κ3) is 4.31. The van der Waals surface area contributed by atoms with Crippen molar-refractivity contribution < 1.29 is 9.53 Å². The van der Waals surface area contributed by atoms with E-state index in [4.69, 9.17) is 10.5 Å². The molecule has 4 nitrogen and oxygen atoms in total. The molecule has 0 bridgehead atoms. The van der Waals surface area contributed by atoms with Crippen molar-refractivity contribution in [1.82, 2.24) is 0 Å². The maximum Gasteiger partial charge on any atom is 0.241 e. The van der Waals surface area contributed by atoms with Gasteiger partial charge in [-0.25, -0.2) is 0 Å². The number of rotatable bonds is 6. The molecule has 5 heteroatoms. The highest BCUT2D eigenvalue weighted by atomic mass is 79.9. The third-order valence-electron chi connectivity index (χ3n) is 2.62. The standard InChI is InChI=1S/C13H19BrN2O2/c1-3-4-5-11(15)13(17)16-9-6-7-10(14)12(8-9)18-2/h6-8,11H,3-5,15H2,1-2H3,(H,16,17). The summed E-state index contributed by atoms with van der Waals surface area (Å²) in [6.07, 6.45) is 2.70. The second-order valence-corrected chi connectivity index (χ2v) is 4.94. The van der Waals surface area contributed by atoms with E-state index < -0.39 is 6.04 Å². The Hall–Kier alpha value is -1.07. The molecule has 0 heterocycles. The second kappa shape index (κ2) is 7.38. The van der Waals surface area contributed by atoms with Gasteiger partial charge in [0.05, 0.1) is 17.6 Å². The van der Waals surface area contributed by atoms with Crippen LogP contribution in [-0.2, 0) is 4.79 Å². The summed E-state index contributed by atoms with van der Waals surface area (Å²) in [4.78, 5) is 11.8. The van der Waals surface area contributed by atoms with Crippen LogP contribution in [0, 0.1) is 0 Å². The number of nitrogens with one attached hydrogen (secondary N) is 1. The van der Waals surface area contributed by atoms with E-state index in [1.165, 1.54) is 0 Å². The number of hydrogen-bond donors (Lipinski definition) is 2. The molecule has 1 amide bonds. The minimum absolute atomic E-state index is 0.159. The number of halogens is 1. The highest BCUT2D eigenvalue weighted by molar-refractivity contribution is 9.10. The number of hydrogen-bond acceptors (Lipinski definition) is 3. The van der Waals surface area contributed by atoms with E-state index in [9.17, 15) is 4.79 Å². The topological polar surface area (TPSA) is 64.4 Å². The van der Waals surface area contributed by atoms with Gasteiger partial charge in [-0.3, -0.25) is 4.79 Å². The van der Waals surface area contributed by atoms with E-state index in [0.717, 1.165) is 17.3 Å². The average Bonchev–Trinajstić information content (AvgIpc) is 2.37. The number of carbonyl (C=O) groups is 1. The molecule has 1 unspecified atom stereocenters. The highest BCUT2D eigenvalue weighted by Gasteiger charge is 2.13. The third-order valence-corrected chi connectivity index (χ3v) is 3.28. The van der Waals surface area contributed by atoms with E-state index in [1.54, 1.807) is 19.2 Å². The van der Waals surface area contributed by atoms with Crippen molar-refractivity contribution >= 4 is 27.5 Å². The number of amides is 1. The molecule has 0 aliphatic rings. The number of ether oxygens (including phenoxy) is 1. The Morgan fingerprint density at radius 3 is 2.89 bits per heavy atom. The number of nitrogens with two attached hydrogens (primary N) is 1. The molecule has 0 saturated heterocycles. The van der Waals surface area contributed by atoms with Crippen LogP contribution < -0.4 is 15.8 Å².